The summed E-state index contributed by atoms with van der Waals surface area (Å²) in [6.45, 7) is 10.4. The molecule has 0 aliphatic carbocycles. The van der Waals surface area contributed by atoms with Crippen LogP contribution in [0, 0.1) is 20.8 Å². The van der Waals surface area contributed by atoms with Crippen molar-refractivity contribution in [1.29, 1.82) is 0 Å². The second-order valence-corrected chi connectivity index (χ2v) is 10.2. The SMILES string of the molecule is Cc1cc(C)c([C@@H](C)NC(=O)c2cccc(S(=O)(=O)N3CCN(C)CC3)c2)cc1C. The van der Waals surface area contributed by atoms with Crippen LogP contribution in [-0.2, 0) is 10.0 Å². The molecule has 0 saturated carbocycles. The van der Waals surface area contributed by atoms with E-state index < -0.39 is 10.0 Å². The summed E-state index contributed by atoms with van der Waals surface area (Å²) >= 11 is 0. The number of likely N-dealkylation sites (N-methyl/N-ethyl adjacent to an activating group) is 1. The molecule has 0 bridgehead atoms. The molecule has 1 aliphatic rings. The highest BCUT2D eigenvalue weighted by atomic mass is 32.2. The summed E-state index contributed by atoms with van der Waals surface area (Å²) in [5.74, 6) is -0.282. The van der Waals surface area contributed by atoms with Crippen LogP contribution >= 0.6 is 0 Å². The van der Waals surface area contributed by atoms with Gasteiger partial charge in [0.25, 0.3) is 5.91 Å². The van der Waals surface area contributed by atoms with Gasteiger partial charge in [0.1, 0.15) is 0 Å². The van der Waals surface area contributed by atoms with Crippen molar-refractivity contribution in [3.05, 3.63) is 64.2 Å². The van der Waals surface area contributed by atoms with E-state index in [2.05, 4.69) is 36.2 Å². The Labute approximate surface area is 179 Å². The Morgan fingerprint density at radius 2 is 1.60 bits per heavy atom. The minimum atomic E-state index is -3.61. The molecule has 1 N–H and O–H groups in total. The van der Waals surface area contributed by atoms with Gasteiger partial charge >= 0.3 is 0 Å². The second kappa shape index (κ2) is 8.88. The molecule has 1 saturated heterocycles. The van der Waals surface area contributed by atoms with Crippen molar-refractivity contribution in [3.63, 3.8) is 0 Å². The maximum atomic E-state index is 13.0. The van der Waals surface area contributed by atoms with E-state index in [4.69, 9.17) is 0 Å². The quantitative estimate of drug-likeness (QED) is 0.793. The molecular formula is C23H31N3O3S. The minimum absolute atomic E-state index is 0.162. The van der Waals surface area contributed by atoms with Crippen molar-refractivity contribution in [2.24, 2.45) is 0 Å². The zero-order valence-corrected chi connectivity index (χ0v) is 19.2. The van der Waals surface area contributed by atoms with Gasteiger partial charge in [-0.05, 0) is 75.2 Å². The number of carbonyl (C=O) groups is 1. The number of piperazine rings is 1. The number of carbonyl (C=O) groups excluding carboxylic acids is 1. The van der Waals surface area contributed by atoms with Gasteiger partial charge in [0, 0.05) is 31.7 Å². The van der Waals surface area contributed by atoms with Gasteiger partial charge in [0.05, 0.1) is 10.9 Å². The van der Waals surface area contributed by atoms with E-state index in [1.807, 2.05) is 20.9 Å². The Morgan fingerprint density at radius 1 is 0.967 bits per heavy atom. The van der Waals surface area contributed by atoms with Crippen LogP contribution in [0.4, 0.5) is 0 Å². The maximum absolute atomic E-state index is 13.0. The first-order valence-electron chi connectivity index (χ1n) is 10.3. The first-order chi connectivity index (χ1) is 14.1. The first-order valence-corrected chi connectivity index (χ1v) is 11.7. The second-order valence-electron chi connectivity index (χ2n) is 8.22. The third kappa shape index (κ3) is 4.74. The van der Waals surface area contributed by atoms with E-state index >= 15 is 0 Å². The lowest BCUT2D eigenvalue weighted by Crippen LogP contribution is -2.47. The van der Waals surface area contributed by atoms with Crippen LogP contribution < -0.4 is 5.32 Å². The predicted molar refractivity (Wildman–Crippen MR) is 119 cm³/mol. The van der Waals surface area contributed by atoms with Crippen molar-refractivity contribution < 1.29 is 13.2 Å². The molecule has 1 atom stereocenters. The average molecular weight is 430 g/mol. The molecule has 2 aromatic rings. The summed E-state index contributed by atoms with van der Waals surface area (Å²) in [6, 6.07) is 10.3. The zero-order valence-electron chi connectivity index (χ0n) is 18.4. The van der Waals surface area contributed by atoms with E-state index in [9.17, 15) is 13.2 Å². The van der Waals surface area contributed by atoms with Crippen molar-refractivity contribution >= 4 is 15.9 Å². The van der Waals surface area contributed by atoms with E-state index in [0.29, 0.717) is 31.7 Å². The average Bonchev–Trinajstić information content (AvgIpc) is 2.71. The highest BCUT2D eigenvalue weighted by Gasteiger charge is 2.28. The maximum Gasteiger partial charge on any atom is 0.251 e. The standard InChI is InChI=1S/C23H31N3O3S/c1-16-13-18(3)22(14-17(16)2)19(4)24-23(27)20-7-6-8-21(15-20)30(28,29)26-11-9-25(5)10-12-26/h6-8,13-15,19H,9-12H2,1-5H3,(H,24,27)/t19-/m1/s1. The van der Waals surface area contributed by atoms with Crippen LogP contribution in [-0.4, -0.2) is 56.8 Å². The molecule has 1 fully saturated rings. The van der Waals surface area contributed by atoms with Crippen LogP contribution in [0.2, 0.25) is 0 Å². The fourth-order valence-electron chi connectivity index (χ4n) is 3.78. The molecule has 3 rings (SSSR count). The minimum Gasteiger partial charge on any atom is -0.346 e. The lowest BCUT2D eigenvalue weighted by Gasteiger charge is -2.31. The van der Waals surface area contributed by atoms with Crippen LogP contribution in [0.3, 0.4) is 0 Å². The van der Waals surface area contributed by atoms with E-state index in [0.717, 1.165) is 11.1 Å². The zero-order chi connectivity index (χ0) is 22.1. The molecule has 2 aromatic carbocycles. The number of hydrogen-bond acceptors (Lipinski definition) is 4. The molecule has 1 heterocycles. The molecule has 6 nitrogen and oxygen atoms in total. The Kier molecular flexibility index (Phi) is 6.65. The van der Waals surface area contributed by atoms with Gasteiger partial charge < -0.3 is 10.2 Å². The Bertz CT molecular complexity index is 1040. The van der Waals surface area contributed by atoms with Crippen molar-refractivity contribution in [3.8, 4) is 0 Å². The van der Waals surface area contributed by atoms with E-state index in [-0.39, 0.29) is 16.8 Å². The summed E-state index contributed by atoms with van der Waals surface area (Å²) in [4.78, 5) is 15.1. The van der Waals surface area contributed by atoms with Crippen LogP contribution in [0.25, 0.3) is 0 Å². The summed E-state index contributed by atoms with van der Waals surface area (Å²) in [6.07, 6.45) is 0. The summed E-state index contributed by atoms with van der Waals surface area (Å²) < 4.78 is 27.5. The molecule has 1 amide bonds. The van der Waals surface area contributed by atoms with Crippen molar-refractivity contribution in [1.82, 2.24) is 14.5 Å². The number of hydrogen-bond donors (Lipinski definition) is 1. The molecule has 1 aliphatic heterocycles. The normalized spacial score (nSPS) is 17.0. The van der Waals surface area contributed by atoms with Gasteiger partial charge in [-0.1, -0.05) is 18.2 Å². The van der Waals surface area contributed by atoms with Crippen LogP contribution in [0.5, 0.6) is 0 Å². The fourth-order valence-corrected chi connectivity index (χ4v) is 5.25. The number of amides is 1. The molecular weight excluding hydrogens is 398 g/mol. The molecule has 0 aromatic heterocycles. The third-order valence-electron chi connectivity index (χ3n) is 5.89. The van der Waals surface area contributed by atoms with E-state index in [1.54, 1.807) is 18.2 Å². The Balaban J connectivity index is 1.78. The van der Waals surface area contributed by atoms with Gasteiger partial charge in [-0.25, -0.2) is 8.42 Å². The number of rotatable bonds is 5. The van der Waals surface area contributed by atoms with Crippen molar-refractivity contribution in [2.45, 2.75) is 38.6 Å². The highest BCUT2D eigenvalue weighted by Crippen LogP contribution is 2.23. The summed E-state index contributed by atoms with van der Waals surface area (Å²) in [7, 11) is -1.63. The summed E-state index contributed by atoms with van der Waals surface area (Å²) in [5.41, 5.74) is 4.93. The monoisotopic (exact) mass is 429 g/mol. The number of aryl methyl sites for hydroxylation is 3. The number of nitrogens with one attached hydrogen (secondary N) is 1. The first kappa shape index (κ1) is 22.5. The van der Waals surface area contributed by atoms with Gasteiger partial charge in [-0.3, -0.25) is 4.79 Å². The van der Waals surface area contributed by atoms with Crippen LogP contribution in [0.15, 0.2) is 41.3 Å². The molecule has 162 valence electrons. The Morgan fingerprint density at radius 3 is 2.27 bits per heavy atom. The van der Waals surface area contributed by atoms with Gasteiger partial charge in [0.15, 0.2) is 0 Å². The molecule has 0 unspecified atom stereocenters. The van der Waals surface area contributed by atoms with Gasteiger partial charge in [-0.15, -0.1) is 0 Å². The smallest absolute Gasteiger partial charge is 0.251 e. The predicted octanol–water partition coefficient (Wildman–Crippen LogP) is 3.04. The Hall–Kier alpha value is -2.22. The topological polar surface area (TPSA) is 69.7 Å². The summed E-state index contributed by atoms with van der Waals surface area (Å²) in [5, 5.41) is 3.01. The fraction of sp³-hybridized carbons (Fsp3) is 0.435. The van der Waals surface area contributed by atoms with Crippen LogP contribution in [0.1, 0.15) is 45.6 Å². The van der Waals surface area contributed by atoms with Crippen molar-refractivity contribution in [2.75, 3.05) is 33.2 Å². The number of benzene rings is 2. The van der Waals surface area contributed by atoms with Gasteiger partial charge in [0.2, 0.25) is 10.0 Å². The lowest BCUT2D eigenvalue weighted by atomic mass is 9.96. The largest absolute Gasteiger partial charge is 0.346 e. The van der Waals surface area contributed by atoms with Gasteiger partial charge in [-0.2, -0.15) is 4.31 Å². The third-order valence-corrected chi connectivity index (χ3v) is 7.79. The molecule has 0 spiro atoms. The lowest BCUT2D eigenvalue weighted by molar-refractivity contribution is 0.0939. The molecule has 7 heteroatoms. The highest BCUT2D eigenvalue weighted by molar-refractivity contribution is 7.89. The number of sulfonamides is 1. The molecule has 30 heavy (non-hydrogen) atoms. The van der Waals surface area contributed by atoms with E-state index in [1.165, 1.54) is 21.5 Å². The number of nitrogens with zero attached hydrogens (tertiary/aromatic N) is 2. The molecule has 0 radical (unpaired) electrons.